The summed E-state index contributed by atoms with van der Waals surface area (Å²) in [5, 5.41) is 15.4. The minimum Gasteiger partial charge on any atom is -0.493 e. The monoisotopic (exact) mass is 497 g/mol. The van der Waals surface area contributed by atoms with Crippen molar-refractivity contribution in [2.45, 2.75) is 19.9 Å². The van der Waals surface area contributed by atoms with Crippen molar-refractivity contribution < 1.29 is 23.8 Å². The van der Waals surface area contributed by atoms with Crippen LogP contribution >= 0.6 is 11.3 Å². The normalized spacial score (nSPS) is 15.5. The van der Waals surface area contributed by atoms with Crippen LogP contribution in [0.2, 0.25) is 0 Å². The Hall–Kier alpha value is -3.57. The summed E-state index contributed by atoms with van der Waals surface area (Å²) in [6, 6.07) is 8.92. The van der Waals surface area contributed by atoms with Crippen molar-refractivity contribution in [1.29, 1.82) is 0 Å². The molecule has 0 saturated carbocycles. The maximum absolute atomic E-state index is 12.8. The molecule has 1 fully saturated rings. The molecule has 1 atom stereocenters. The number of fused-ring (bicyclic) bond motifs is 1. The van der Waals surface area contributed by atoms with E-state index < -0.39 is 0 Å². The number of methoxy groups -OCH3 is 1. The molecule has 0 bridgehead atoms. The van der Waals surface area contributed by atoms with Crippen molar-refractivity contribution in [3.05, 3.63) is 58.6 Å². The fourth-order valence-corrected chi connectivity index (χ4v) is 5.59. The predicted molar refractivity (Wildman–Crippen MR) is 129 cm³/mol. The van der Waals surface area contributed by atoms with E-state index in [0.717, 1.165) is 10.4 Å². The second-order valence-corrected chi connectivity index (χ2v) is 9.20. The van der Waals surface area contributed by atoms with Crippen LogP contribution in [0, 0.1) is 6.92 Å². The van der Waals surface area contributed by atoms with Gasteiger partial charge in [-0.2, -0.15) is 4.52 Å². The van der Waals surface area contributed by atoms with Crippen LogP contribution in [0.15, 0.2) is 41.0 Å². The summed E-state index contributed by atoms with van der Waals surface area (Å²) in [5.74, 6) is 2.17. The molecule has 1 aromatic carbocycles. The van der Waals surface area contributed by atoms with Crippen LogP contribution in [-0.4, -0.2) is 75.3 Å². The molecule has 10 nitrogen and oxygen atoms in total. The molecule has 4 heterocycles. The molecule has 1 amide bonds. The Kier molecular flexibility index (Phi) is 6.35. The SMILES string of the molecule is CCOc1ccc([C@@H](c2sc3nc(C)nn3c2O)N2CCN(C(=O)c3ccco3)CC2)cc1OC. The van der Waals surface area contributed by atoms with Gasteiger partial charge in [0.1, 0.15) is 5.82 Å². The lowest BCUT2D eigenvalue weighted by molar-refractivity contribution is 0.0567. The smallest absolute Gasteiger partial charge is 0.289 e. The lowest BCUT2D eigenvalue weighted by Crippen LogP contribution is -2.49. The summed E-state index contributed by atoms with van der Waals surface area (Å²) in [4.78, 5) is 22.6. The van der Waals surface area contributed by atoms with E-state index in [9.17, 15) is 9.90 Å². The van der Waals surface area contributed by atoms with Gasteiger partial charge in [0.05, 0.1) is 30.9 Å². The Bertz CT molecular complexity index is 1320. The number of piperazine rings is 1. The number of rotatable bonds is 7. The first-order chi connectivity index (χ1) is 17.0. The number of ether oxygens (including phenoxy) is 2. The number of nitrogens with zero attached hydrogens (tertiary/aromatic N) is 5. The fourth-order valence-electron chi connectivity index (χ4n) is 4.42. The van der Waals surface area contributed by atoms with Gasteiger partial charge in [0.15, 0.2) is 17.3 Å². The van der Waals surface area contributed by atoms with Gasteiger partial charge >= 0.3 is 0 Å². The number of furan rings is 1. The average Bonchev–Trinajstić information content (AvgIpc) is 3.59. The van der Waals surface area contributed by atoms with Gasteiger partial charge in [-0.05, 0) is 43.7 Å². The zero-order chi connectivity index (χ0) is 24.5. The molecule has 3 aromatic heterocycles. The molecular weight excluding hydrogens is 470 g/mol. The van der Waals surface area contributed by atoms with Crippen LogP contribution in [0.1, 0.15) is 39.8 Å². The maximum Gasteiger partial charge on any atom is 0.289 e. The number of benzene rings is 1. The zero-order valence-corrected chi connectivity index (χ0v) is 20.6. The number of aromatic hydroxyl groups is 1. The lowest BCUT2D eigenvalue weighted by atomic mass is 10.0. The molecule has 184 valence electrons. The van der Waals surface area contributed by atoms with E-state index in [2.05, 4.69) is 15.0 Å². The third kappa shape index (κ3) is 4.32. The second-order valence-electron chi connectivity index (χ2n) is 8.19. The third-order valence-electron chi connectivity index (χ3n) is 6.06. The van der Waals surface area contributed by atoms with Crippen LogP contribution in [0.4, 0.5) is 0 Å². The highest BCUT2D eigenvalue weighted by atomic mass is 32.1. The zero-order valence-electron chi connectivity index (χ0n) is 19.8. The molecule has 11 heteroatoms. The predicted octanol–water partition coefficient (Wildman–Crippen LogP) is 3.35. The summed E-state index contributed by atoms with van der Waals surface area (Å²) < 4.78 is 18.1. The third-order valence-corrected chi connectivity index (χ3v) is 7.13. The summed E-state index contributed by atoms with van der Waals surface area (Å²) in [6.07, 6.45) is 1.50. The molecule has 1 saturated heterocycles. The first-order valence-electron chi connectivity index (χ1n) is 11.4. The summed E-state index contributed by atoms with van der Waals surface area (Å²) in [5.41, 5.74) is 0.938. The minimum absolute atomic E-state index is 0.0672. The van der Waals surface area contributed by atoms with Crippen LogP contribution < -0.4 is 9.47 Å². The van der Waals surface area contributed by atoms with Gasteiger partial charge < -0.3 is 23.9 Å². The van der Waals surface area contributed by atoms with Gasteiger partial charge in [-0.15, -0.1) is 5.10 Å². The Morgan fingerprint density at radius 1 is 1.23 bits per heavy atom. The van der Waals surface area contributed by atoms with Gasteiger partial charge in [0, 0.05) is 26.2 Å². The topological polar surface area (TPSA) is 106 Å². The van der Waals surface area contributed by atoms with E-state index in [1.165, 1.54) is 22.1 Å². The molecule has 4 aromatic rings. The molecular formula is C24H27N5O5S. The van der Waals surface area contributed by atoms with Crippen LogP contribution in [0.5, 0.6) is 17.4 Å². The summed E-state index contributed by atoms with van der Waals surface area (Å²) in [7, 11) is 1.61. The van der Waals surface area contributed by atoms with E-state index >= 15 is 0 Å². The molecule has 0 unspecified atom stereocenters. The minimum atomic E-state index is -0.283. The largest absolute Gasteiger partial charge is 0.493 e. The molecule has 1 aliphatic heterocycles. The fraction of sp³-hybridized carbons (Fsp3) is 0.375. The molecule has 1 N–H and O–H groups in total. The van der Waals surface area contributed by atoms with E-state index in [1.54, 1.807) is 31.1 Å². The van der Waals surface area contributed by atoms with E-state index in [4.69, 9.17) is 13.9 Å². The highest BCUT2D eigenvalue weighted by Gasteiger charge is 2.33. The molecule has 0 radical (unpaired) electrons. The highest BCUT2D eigenvalue weighted by Crippen LogP contribution is 2.42. The Balaban J connectivity index is 1.49. The molecule has 0 spiro atoms. The van der Waals surface area contributed by atoms with Gasteiger partial charge in [0.2, 0.25) is 10.8 Å². The number of hydrogen-bond acceptors (Lipinski definition) is 9. The van der Waals surface area contributed by atoms with Crippen molar-refractivity contribution in [2.24, 2.45) is 0 Å². The van der Waals surface area contributed by atoms with Crippen LogP contribution in [0.3, 0.4) is 0 Å². The van der Waals surface area contributed by atoms with E-state index in [1.807, 2.05) is 25.1 Å². The van der Waals surface area contributed by atoms with Gasteiger partial charge in [-0.3, -0.25) is 9.69 Å². The molecule has 1 aliphatic rings. The summed E-state index contributed by atoms with van der Waals surface area (Å²) >= 11 is 1.40. The van der Waals surface area contributed by atoms with Crippen molar-refractivity contribution in [2.75, 3.05) is 39.9 Å². The number of aromatic nitrogens is 3. The van der Waals surface area contributed by atoms with Crippen molar-refractivity contribution >= 4 is 22.2 Å². The molecule has 0 aliphatic carbocycles. The van der Waals surface area contributed by atoms with Crippen molar-refractivity contribution in [3.63, 3.8) is 0 Å². The molecule has 35 heavy (non-hydrogen) atoms. The first kappa shape index (κ1) is 23.2. The first-order valence-corrected chi connectivity index (χ1v) is 12.2. The number of amides is 1. The Morgan fingerprint density at radius 2 is 2.03 bits per heavy atom. The maximum atomic E-state index is 12.8. The Labute approximate surface area is 206 Å². The van der Waals surface area contributed by atoms with Crippen molar-refractivity contribution in [1.82, 2.24) is 24.4 Å². The quantitative estimate of drug-likeness (QED) is 0.414. The standard InChI is InChI=1S/C24H27N5O5S/c1-4-33-17-8-7-16(14-19(17)32-3)20(21-23(31)29-24(35-21)25-15(2)26-29)27-9-11-28(12-10-27)22(30)18-6-5-13-34-18/h5-8,13-14,20,31H,4,9-12H2,1-3H3/t20-/m0/s1. The molecule has 5 rings (SSSR count). The number of hydrogen-bond donors (Lipinski definition) is 1. The number of carbonyl (C=O) groups excluding carboxylic acids is 1. The number of aryl methyl sites for hydroxylation is 1. The average molecular weight is 498 g/mol. The second kappa shape index (κ2) is 9.59. The van der Waals surface area contributed by atoms with Crippen molar-refractivity contribution in [3.8, 4) is 17.4 Å². The van der Waals surface area contributed by atoms with Gasteiger partial charge in [-0.1, -0.05) is 17.4 Å². The Morgan fingerprint density at radius 3 is 2.69 bits per heavy atom. The van der Waals surface area contributed by atoms with Gasteiger partial charge in [-0.25, -0.2) is 4.98 Å². The summed E-state index contributed by atoms with van der Waals surface area (Å²) in [6.45, 7) is 6.53. The van der Waals surface area contributed by atoms with Crippen LogP contribution in [0.25, 0.3) is 4.96 Å². The number of carbonyl (C=O) groups is 1. The lowest BCUT2D eigenvalue weighted by Gasteiger charge is -2.39. The van der Waals surface area contributed by atoms with Crippen LogP contribution in [-0.2, 0) is 0 Å². The highest BCUT2D eigenvalue weighted by molar-refractivity contribution is 7.17. The number of thiazole rings is 1. The van der Waals surface area contributed by atoms with Gasteiger partial charge in [0.25, 0.3) is 5.91 Å². The van der Waals surface area contributed by atoms with E-state index in [-0.39, 0.29) is 17.8 Å². The van der Waals surface area contributed by atoms with E-state index in [0.29, 0.717) is 60.8 Å².